The van der Waals surface area contributed by atoms with E-state index < -0.39 is 0 Å². The normalized spacial score (nSPS) is 11.6. The van der Waals surface area contributed by atoms with E-state index in [1.807, 2.05) is 48.2 Å². The van der Waals surface area contributed by atoms with Gasteiger partial charge in [-0.05, 0) is 72.1 Å². The van der Waals surface area contributed by atoms with Gasteiger partial charge in [-0.2, -0.15) is 0 Å². The lowest BCUT2D eigenvalue weighted by atomic mass is 10.1. The lowest BCUT2D eigenvalue weighted by Gasteiger charge is -2.25. The molecule has 124 valence electrons. The molecule has 0 atom stereocenters. The summed E-state index contributed by atoms with van der Waals surface area (Å²) in [7, 11) is 0. The number of nitrogens with zero attached hydrogens (tertiary/aromatic N) is 1. The van der Waals surface area contributed by atoms with Gasteiger partial charge in [0.2, 0.25) is 0 Å². The van der Waals surface area contributed by atoms with Crippen LogP contribution in [0.1, 0.15) is 27.6 Å². The van der Waals surface area contributed by atoms with E-state index in [1.54, 1.807) is 24.3 Å². The summed E-state index contributed by atoms with van der Waals surface area (Å²) in [4.78, 5) is 23.7. The van der Waals surface area contributed by atoms with Crippen molar-refractivity contribution in [1.29, 1.82) is 0 Å². The van der Waals surface area contributed by atoms with Crippen LogP contribution in [-0.4, -0.2) is 12.6 Å². The first-order valence-corrected chi connectivity index (χ1v) is 8.29. The van der Waals surface area contributed by atoms with Crippen LogP contribution in [0.2, 0.25) is 0 Å². The van der Waals surface area contributed by atoms with Gasteiger partial charge in [-0.1, -0.05) is 21.9 Å². The number of hydrogen-bond acceptors (Lipinski definition) is 3. The molecule has 0 saturated carbocycles. The first kappa shape index (κ1) is 18.4. The zero-order valence-electron chi connectivity index (χ0n) is 13.6. The van der Waals surface area contributed by atoms with Gasteiger partial charge in [0.1, 0.15) is 12.6 Å². The minimum Gasteiger partial charge on any atom is -0.303 e. The number of halogens is 1. The fraction of sp³-hybridized carbons (Fsp3) is 0.0476. The molecule has 0 bridgehead atoms. The standard InChI is InChI=1S/C21H16BrNO2/c1-3-19(9-4-16(2)22)23(20-10-5-17(14-24)6-11-20)21-12-7-18(15-25)8-13-21/h1,4-15H,2H3/b16-4+,19-9+. The van der Waals surface area contributed by atoms with E-state index in [2.05, 4.69) is 21.9 Å². The van der Waals surface area contributed by atoms with Crippen molar-refractivity contribution in [2.75, 3.05) is 4.90 Å². The van der Waals surface area contributed by atoms with E-state index in [1.165, 1.54) is 0 Å². The smallest absolute Gasteiger partial charge is 0.150 e. The van der Waals surface area contributed by atoms with Gasteiger partial charge in [-0.3, -0.25) is 9.59 Å². The van der Waals surface area contributed by atoms with Crippen LogP contribution in [0.25, 0.3) is 0 Å². The van der Waals surface area contributed by atoms with Gasteiger partial charge in [0.15, 0.2) is 0 Å². The largest absolute Gasteiger partial charge is 0.303 e. The maximum Gasteiger partial charge on any atom is 0.150 e. The molecule has 0 fully saturated rings. The van der Waals surface area contributed by atoms with Gasteiger partial charge < -0.3 is 4.90 Å². The van der Waals surface area contributed by atoms with Crippen molar-refractivity contribution in [2.45, 2.75) is 6.92 Å². The molecule has 0 aliphatic carbocycles. The SMILES string of the molecule is C#C/C(=C\C=C(/C)Br)N(c1ccc(C=O)cc1)c1ccc(C=O)cc1. The fourth-order valence-electron chi connectivity index (χ4n) is 2.21. The van der Waals surface area contributed by atoms with Crippen LogP contribution >= 0.6 is 15.9 Å². The minimum absolute atomic E-state index is 0.586. The summed E-state index contributed by atoms with van der Waals surface area (Å²) < 4.78 is 0.938. The van der Waals surface area contributed by atoms with Crippen LogP contribution in [0, 0.1) is 12.3 Å². The minimum atomic E-state index is 0.586. The molecule has 25 heavy (non-hydrogen) atoms. The third kappa shape index (κ3) is 4.79. The van der Waals surface area contributed by atoms with Crippen molar-refractivity contribution in [3.63, 3.8) is 0 Å². The Labute approximate surface area is 155 Å². The zero-order valence-corrected chi connectivity index (χ0v) is 15.2. The van der Waals surface area contributed by atoms with Crippen LogP contribution in [0.15, 0.2) is 70.9 Å². The summed E-state index contributed by atoms with van der Waals surface area (Å²) in [6.07, 6.45) is 11.0. The van der Waals surface area contributed by atoms with Crippen molar-refractivity contribution in [3.05, 3.63) is 82.0 Å². The molecule has 0 radical (unpaired) electrons. The molecule has 0 saturated heterocycles. The van der Waals surface area contributed by atoms with Crippen LogP contribution in [0.3, 0.4) is 0 Å². The lowest BCUT2D eigenvalue weighted by molar-refractivity contribution is 0.111. The van der Waals surface area contributed by atoms with E-state index >= 15 is 0 Å². The first-order chi connectivity index (χ1) is 12.1. The second-order valence-electron chi connectivity index (χ2n) is 5.20. The zero-order chi connectivity index (χ0) is 18.2. The maximum atomic E-state index is 10.9. The van der Waals surface area contributed by atoms with Gasteiger partial charge in [0, 0.05) is 22.5 Å². The molecule has 0 aliphatic rings. The molecule has 0 aliphatic heterocycles. The van der Waals surface area contributed by atoms with Crippen LogP contribution in [0.4, 0.5) is 11.4 Å². The summed E-state index contributed by atoms with van der Waals surface area (Å²) in [5, 5.41) is 0. The average Bonchev–Trinajstić information content (AvgIpc) is 2.65. The summed E-state index contributed by atoms with van der Waals surface area (Å²) in [5.74, 6) is 2.69. The Morgan fingerprint density at radius 3 is 1.68 bits per heavy atom. The molecule has 3 nitrogen and oxygen atoms in total. The molecule has 0 heterocycles. The Kier molecular flexibility index (Phi) is 6.50. The van der Waals surface area contributed by atoms with Gasteiger partial charge in [0.05, 0.1) is 5.70 Å². The first-order valence-electron chi connectivity index (χ1n) is 7.50. The number of terminal acetylenes is 1. The Bertz CT molecular complexity index is 801. The number of rotatable bonds is 6. The summed E-state index contributed by atoms with van der Waals surface area (Å²) >= 11 is 3.38. The van der Waals surface area contributed by atoms with Gasteiger partial charge in [-0.25, -0.2) is 0 Å². The molecule has 2 aromatic rings. The number of hydrogen-bond donors (Lipinski definition) is 0. The Balaban J connectivity index is 2.58. The molecule has 0 N–H and O–H groups in total. The van der Waals surface area contributed by atoms with Crippen LogP contribution in [-0.2, 0) is 0 Å². The Morgan fingerprint density at radius 1 is 0.920 bits per heavy atom. The highest BCUT2D eigenvalue weighted by atomic mass is 79.9. The van der Waals surface area contributed by atoms with Gasteiger partial charge >= 0.3 is 0 Å². The lowest BCUT2D eigenvalue weighted by Crippen LogP contribution is -2.15. The molecular formula is C21H16BrNO2. The number of carbonyl (C=O) groups is 2. The number of anilines is 2. The second kappa shape index (κ2) is 8.81. The third-order valence-electron chi connectivity index (χ3n) is 3.43. The molecular weight excluding hydrogens is 378 g/mol. The molecule has 4 heteroatoms. The molecule has 0 unspecified atom stereocenters. The Morgan fingerprint density at radius 2 is 1.36 bits per heavy atom. The summed E-state index contributed by atoms with van der Waals surface area (Å²) in [6.45, 7) is 1.91. The van der Waals surface area contributed by atoms with Crippen molar-refractivity contribution in [2.24, 2.45) is 0 Å². The topological polar surface area (TPSA) is 37.4 Å². The number of carbonyl (C=O) groups excluding carboxylic acids is 2. The van der Waals surface area contributed by atoms with E-state index in [9.17, 15) is 9.59 Å². The average molecular weight is 394 g/mol. The predicted molar refractivity (Wildman–Crippen MR) is 105 cm³/mol. The van der Waals surface area contributed by atoms with E-state index in [-0.39, 0.29) is 0 Å². The van der Waals surface area contributed by atoms with E-state index in [4.69, 9.17) is 6.42 Å². The van der Waals surface area contributed by atoms with Gasteiger partial charge in [-0.15, -0.1) is 6.42 Å². The predicted octanol–water partition coefficient (Wildman–Crippen LogP) is 5.27. The number of benzene rings is 2. The third-order valence-corrected chi connectivity index (χ3v) is 3.70. The summed E-state index contributed by atoms with van der Waals surface area (Å²) in [6, 6.07) is 14.2. The van der Waals surface area contributed by atoms with E-state index in [0.29, 0.717) is 16.8 Å². The van der Waals surface area contributed by atoms with Gasteiger partial charge in [0.25, 0.3) is 0 Å². The highest BCUT2D eigenvalue weighted by Crippen LogP contribution is 2.30. The maximum absolute atomic E-state index is 10.9. The van der Waals surface area contributed by atoms with E-state index in [0.717, 1.165) is 28.4 Å². The highest BCUT2D eigenvalue weighted by Gasteiger charge is 2.13. The summed E-state index contributed by atoms with van der Waals surface area (Å²) in [5.41, 5.74) is 3.42. The molecule has 2 rings (SSSR count). The van der Waals surface area contributed by atoms with Crippen molar-refractivity contribution >= 4 is 39.9 Å². The van der Waals surface area contributed by atoms with Crippen LogP contribution < -0.4 is 4.90 Å². The highest BCUT2D eigenvalue weighted by molar-refractivity contribution is 9.11. The number of allylic oxidation sites excluding steroid dienone is 4. The quantitative estimate of drug-likeness (QED) is 0.381. The fourth-order valence-corrected chi connectivity index (χ4v) is 2.34. The Hall–Kier alpha value is -2.90. The van der Waals surface area contributed by atoms with Crippen LogP contribution in [0.5, 0.6) is 0 Å². The molecule has 0 spiro atoms. The molecule has 0 aromatic heterocycles. The van der Waals surface area contributed by atoms with Crippen molar-refractivity contribution < 1.29 is 9.59 Å². The monoisotopic (exact) mass is 393 g/mol. The van der Waals surface area contributed by atoms with Crippen molar-refractivity contribution in [3.8, 4) is 12.3 Å². The van der Waals surface area contributed by atoms with Crippen molar-refractivity contribution in [1.82, 2.24) is 0 Å². The molecule has 2 aromatic carbocycles. The number of aldehydes is 2. The second-order valence-corrected chi connectivity index (χ2v) is 6.45. The molecule has 0 amide bonds.